The molecule has 1 heterocycles. The molecule has 1 saturated heterocycles. The highest BCUT2D eigenvalue weighted by Gasteiger charge is 2.41. The van der Waals surface area contributed by atoms with Crippen LogP contribution < -0.4 is 16.8 Å². The van der Waals surface area contributed by atoms with E-state index in [0.29, 0.717) is 31.7 Å². The van der Waals surface area contributed by atoms with Crippen molar-refractivity contribution in [3.63, 3.8) is 0 Å². The van der Waals surface area contributed by atoms with E-state index in [2.05, 4.69) is 5.32 Å². The van der Waals surface area contributed by atoms with E-state index in [-0.39, 0.29) is 5.91 Å². The Balaban J connectivity index is 2.07. The molecule has 2 aliphatic rings. The Hall–Kier alpha value is -1.96. The Bertz CT molecular complexity index is 609. The highest BCUT2D eigenvalue weighted by Crippen LogP contribution is 2.31. The number of nitrogens with one attached hydrogen (secondary N) is 1. The van der Waals surface area contributed by atoms with Gasteiger partial charge in [-0.25, -0.2) is 0 Å². The number of amides is 3. The molecule has 3 amide bonds. The maximum Gasteiger partial charge on any atom is 0.287 e. The Labute approximate surface area is 160 Å². The Morgan fingerprint density at radius 2 is 1.74 bits per heavy atom. The first-order valence-electron chi connectivity index (χ1n) is 9.72. The summed E-state index contributed by atoms with van der Waals surface area (Å²) >= 11 is 0. The number of likely N-dealkylation sites (tertiary alicyclic amines) is 1. The third kappa shape index (κ3) is 5.06. The van der Waals surface area contributed by atoms with Gasteiger partial charge in [-0.3, -0.25) is 19.2 Å². The molecule has 8 nitrogen and oxygen atoms in total. The maximum absolute atomic E-state index is 12.8. The van der Waals surface area contributed by atoms with Crippen LogP contribution in [0, 0.1) is 11.3 Å². The molecule has 0 aromatic rings. The van der Waals surface area contributed by atoms with Crippen LogP contribution in [0.4, 0.5) is 0 Å². The second-order valence-electron chi connectivity index (χ2n) is 8.86. The summed E-state index contributed by atoms with van der Waals surface area (Å²) in [6.45, 7) is 6.08. The van der Waals surface area contributed by atoms with Crippen molar-refractivity contribution >= 4 is 23.5 Å². The minimum absolute atomic E-state index is 0.267. The van der Waals surface area contributed by atoms with Crippen molar-refractivity contribution in [2.45, 2.75) is 77.4 Å². The first kappa shape index (κ1) is 21.3. The Morgan fingerprint density at radius 3 is 2.22 bits per heavy atom. The number of hydrogen-bond donors (Lipinski definition) is 3. The molecular weight excluding hydrogens is 348 g/mol. The van der Waals surface area contributed by atoms with Crippen LogP contribution in [0.15, 0.2) is 0 Å². The minimum Gasteiger partial charge on any atom is -0.363 e. The maximum atomic E-state index is 12.8. The van der Waals surface area contributed by atoms with Crippen LogP contribution in [0.5, 0.6) is 0 Å². The van der Waals surface area contributed by atoms with Crippen LogP contribution in [-0.2, 0) is 19.2 Å². The predicted molar refractivity (Wildman–Crippen MR) is 100 cm³/mol. The molecule has 0 bridgehead atoms. The zero-order chi connectivity index (χ0) is 20.4. The summed E-state index contributed by atoms with van der Waals surface area (Å²) < 4.78 is 0. The lowest BCUT2D eigenvalue weighted by Crippen LogP contribution is -2.57. The van der Waals surface area contributed by atoms with E-state index in [4.69, 9.17) is 11.5 Å². The van der Waals surface area contributed by atoms with Gasteiger partial charge in [0.1, 0.15) is 6.04 Å². The van der Waals surface area contributed by atoms with Crippen molar-refractivity contribution in [2.24, 2.45) is 22.8 Å². The second-order valence-corrected chi connectivity index (χ2v) is 8.86. The van der Waals surface area contributed by atoms with E-state index < -0.39 is 41.1 Å². The van der Waals surface area contributed by atoms with Crippen molar-refractivity contribution in [1.29, 1.82) is 0 Å². The number of rotatable bonds is 7. The Morgan fingerprint density at radius 1 is 1.11 bits per heavy atom. The van der Waals surface area contributed by atoms with Gasteiger partial charge in [-0.05, 0) is 30.6 Å². The molecule has 3 atom stereocenters. The van der Waals surface area contributed by atoms with Gasteiger partial charge in [0.05, 0.1) is 12.1 Å². The number of ketones is 1. The smallest absolute Gasteiger partial charge is 0.287 e. The fourth-order valence-corrected chi connectivity index (χ4v) is 3.59. The highest BCUT2D eigenvalue weighted by atomic mass is 16.2. The lowest BCUT2D eigenvalue weighted by Gasteiger charge is -2.33. The number of nitrogens with zero attached hydrogens (tertiary/aromatic N) is 1. The minimum atomic E-state index is -1.05. The van der Waals surface area contributed by atoms with Crippen LogP contribution in [0.2, 0.25) is 0 Å². The monoisotopic (exact) mass is 380 g/mol. The lowest BCUT2D eigenvalue weighted by molar-refractivity contribution is -0.143. The molecular formula is C19H32N4O4. The third-order valence-electron chi connectivity index (χ3n) is 5.71. The highest BCUT2D eigenvalue weighted by molar-refractivity contribution is 6.37. The van der Waals surface area contributed by atoms with Crippen LogP contribution >= 0.6 is 0 Å². The molecule has 2 rings (SSSR count). The van der Waals surface area contributed by atoms with Gasteiger partial charge in [0.15, 0.2) is 0 Å². The molecule has 152 valence electrons. The summed E-state index contributed by atoms with van der Waals surface area (Å²) in [5.41, 5.74) is 10.8. The molecule has 0 spiro atoms. The number of primary amides is 1. The van der Waals surface area contributed by atoms with E-state index in [1.165, 1.54) is 4.90 Å². The van der Waals surface area contributed by atoms with Crippen molar-refractivity contribution in [3.8, 4) is 0 Å². The van der Waals surface area contributed by atoms with E-state index in [0.717, 1.165) is 19.3 Å². The molecule has 1 aliphatic carbocycles. The van der Waals surface area contributed by atoms with E-state index in [1.807, 2.05) is 20.8 Å². The predicted octanol–water partition coefficient (Wildman–Crippen LogP) is 0.0802. The molecule has 0 aromatic heterocycles. The van der Waals surface area contributed by atoms with Gasteiger partial charge < -0.3 is 21.7 Å². The van der Waals surface area contributed by atoms with Gasteiger partial charge >= 0.3 is 0 Å². The first-order valence-corrected chi connectivity index (χ1v) is 9.72. The van der Waals surface area contributed by atoms with Gasteiger partial charge in [-0.2, -0.15) is 0 Å². The van der Waals surface area contributed by atoms with Gasteiger partial charge in [0.2, 0.25) is 17.6 Å². The van der Waals surface area contributed by atoms with Crippen LogP contribution in [-0.4, -0.2) is 53.1 Å². The molecule has 5 N–H and O–H groups in total. The first-order chi connectivity index (χ1) is 12.5. The largest absolute Gasteiger partial charge is 0.363 e. The van der Waals surface area contributed by atoms with Crippen molar-refractivity contribution in [1.82, 2.24) is 10.2 Å². The second kappa shape index (κ2) is 8.37. The summed E-state index contributed by atoms with van der Waals surface area (Å²) in [6, 6.07) is -2.31. The number of carbonyl (C=O) groups excluding carboxylic acids is 4. The number of carbonyl (C=O) groups is 4. The van der Waals surface area contributed by atoms with E-state index in [1.54, 1.807) is 0 Å². The summed E-state index contributed by atoms with van der Waals surface area (Å²) in [7, 11) is 0. The van der Waals surface area contributed by atoms with Gasteiger partial charge in [-0.15, -0.1) is 0 Å². The molecule has 1 saturated carbocycles. The average Bonchev–Trinajstić information content (AvgIpc) is 3.03. The molecule has 0 radical (unpaired) electrons. The summed E-state index contributed by atoms with van der Waals surface area (Å²) in [5, 5.41) is 2.68. The summed E-state index contributed by atoms with van der Waals surface area (Å²) in [4.78, 5) is 50.5. The van der Waals surface area contributed by atoms with E-state index >= 15 is 0 Å². The molecule has 3 unspecified atom stereocenters. The zero-order valence-electron chi connectivity index (χ0n) is 16.5. The number of nitrogens with two attached hydrogens (primary N) is 2. The molecule has 0 aromatic carbocycles. The normalized spacial score (nSPS) is 22.7. The van der Waals surface area contributed by atoms with Crippen molar-refractivity contribution < 1.29 is 19.2 Å². The molecule has 8 heteroatoms. The van der Waals surface area contributed by atoms with Crippen LogP contribution in [0.3, 0.4) is 0 Å². The fraction of sp³-hybridized carbons (Fsp3) is 0.789. The van der Waals surface area contributed by atoms with Crippen LogP contribution in [0.1, 0.15) is 59.3 Å². The average molecular weight is 380 g/mol. The fourth-order valence-electron chi connectivity index (χ4n) is 3.59. The Kier molecular flexibility index (Phi) is 6.62. The third-order valence-corrected chi connectivity index (χ3v) is 5.71. The van der Waals surface area contributed by atoms with Crippen molar-refractivity contribution in [3.05, 3.63) is 0 Å². The van der Waals surface area contributed by atoms with Gasteiger partial charge in [0, 0.05) is 6.54 Å². The van der Waals surface area contributed by atoms with Gasteiger partial charge in [0.25, 0.3) is 5.91 Å². The number of hydrogen-bond acceptors (Lipinski definition) is 5. The van der Waals surface area contributed by atoms with Crippen molar-refractivity contribution in [2.75, 3.05) is 6.54 Å². The standard InChI is InChI=1S/C19H32N4O4/c1-19(2,3)15(20)18(27)23-9-5-8-13(23)17(26)22-12(14(24)16(21)25)10-11-6-4-7-11/h11-13,15H,4-10,20H2,1-3H3,(H2,21,25)(H,22,26). The molecule has 27 heavy (non-hydrogen) atoms. The molecule has 2 fully saturated rings. The quantitative estimate of drug-likeness (QED) is 0.538. The lowest BCUT2D eigenvalue weighted by atomic mass is 9.80. The SMILES string of the molecule is CC(C)(C)C(N)C(=O)N1CCCC1C(=O)NC(CC1CCC1)C(=O)C(N)=O. The topological polar surface area (TPSA) is 136 Å². The van der Waals surface area contributed by atoms with E-state index in [9.17, 15) is 19.2 Å². The molecule has 1 aliphatic heterocycles. The zero-order valence-corrected chi connectivity index (χ0v) is 16.5. The summed E-state index contributed by atoms with van der Waals surface area (Å²) in [5.74, 6) is -2.20. The van der Waals surface area contributed by atoms with Gasteiger partial charge in [-0.1, -0.05) is 40.0 Å². The van der Waals surface area contributed by atoms with Crippen LogP contribution in [0.25, 0.3) is 0 Å². The number of Topliss-reactive ketones (excluding diaryl/α,β-unsaturated/α-hetero) is 1. The summed E-state index contributed by atoms with van der Waals surface area (Å²) in [6.07, 6.45) is 4.66.